The number of thioether (sulfide) groups is 1. The summed E-state index contributed by atoms with van der Waals surface area (Å²) in [5, 5.41) is 12.7. The van der Waals surface area contributed by atoms with Crippen LogP contribution in [-0.2, 0) is 0 Å². The number of nitrogens with one attached hydrogen (secondary N) is 1. The maximum Gasteiger partial charge on any atom is 0.132 e. The van der Waals surface area contributed by atoms with Crippen molar-refractivity contribution in [1.29, 1.82) is 5.26 Å². The first-order valence-corrected chi connectivity index (χ1v) is 7.10. The molecule has 0 bridgehead atoms. The number of nitriles is 1. The molecule has 1 aromatic rings. The van der Waals surface area contributed by atoms with Crippen LogP contribution in [0.25, 0.3) is 0 Å². The van der Waals surface area contributed by atoms with Crippen molar-refractivity contribution < 1.29 is 4.74 Å². The largest absolute Gasteiger partial charge is 0.496 e. The smallest absolute Gasteiger partial charge is 0.132 e. The van der Waals surface area contributed by atoms with Gasteiger partial charge in [0.1, 0.15) is 11.3 Å². The summed E-state index contributed by atoms with van der Waals surface area (Å²) in [6.45, 7) is 1.97. The maximum absolute atomic E-state index is 9.31. The van der Waals surface area contributed by atoms with Crippen LogP contribution in [0.4, 0.5) is 0 Å². The molecular weight excluding hydrogens is 244 g/mol. The number of nitrogens with zero attached hydrogens (tertiary/aromatic N) is 1. The zero-order valence-corrected chi connectivity index (χ0v) is 11.6. The van der Waals surface area contributed by atoms with Gasteiger partial charge in [-0.2, -0.15) is 5.26 Å². The van der Waals surface area contributed by atoms with Crippen LogP contribution < -0.4 is 10.1 Å². The number of benzene rings is 1. The maximum atomic E-state index is 9.31. The van der Waals surface area contributed by atoms with Crippen LogP contribution in [0.5, 0.6) is 5.75 Å². The molecule has 0 heterocycles. The summed E-state index contributed by atoms with van der Waals surface area (Å²) in [6.07, 6.45) is 2.38. The Kier molecular flexibility index (Phi) is 4.15. The Morgan fingerprint density at radius 3 is 2.83 bits per heavy atom. The molecule has 1 unspecified atom stereocenters. The lowest BCUT2D eigenvalue weighted by molar-refractivity contribution is 0.404. The van der Waals surface area contributed by atoms with E-state index in [-0.39, 0.29) is 0 Å². The van der Waals surface area contributed by atoms with E-state index in [4.69, 9.17) is 4.74 Å². The fraction of sp³-hybridized carbons (Fsp3) is 0.500. The van der Waals surface area contributed by atoms with Gasteiger partial charge in [0.2, 0.25) is 0 Å². The zero-order valence-electron chi connectivity index (χ0n) is 10.8. The average molecular weight is 262 g/mol. The van der Waals surface area contributed by atoms with Gasteiger partial charge in [0.05, 0.1) is 13.2 Å². The first-order valence-electron chi connectivity index (χ1n) is 6.11. The van der Waals surface area contributed by atoms with Crippen molar-refractivity contribution in [3.63, 3.8) is 0 Å². The summed E-state index contributed by atoms with van der Waals surface area (Å²) in [5.41, 5.74) is -0.466. The third-order valence-corrected chi connectivity index (χ3v) is 4.30. The van der Waals surface area contributed by atoms with Gasteiger partial charge in [0.25, 0.3) is 0 Å². The Labute approximate surface area is 113 Å². The molecule has 1 N–H and O–H groups in total. The van der Waals surface area contributed by atoms with Crippen LogP contribution in [0, 0.1) is 11.3 Å². The fourth-order valence-electron chi connectivity index (χ4n) is 1.74. The molecule has 0 spiro atoms. The number of methoxy groups -OCH3 is 1. The number of para-hydroxylation sites is 1. The molecule has 4 heteroatoms. The highest BCUT2D eigenvalue weighted by Gasteiger charge is 2.32. The molecule has 96 valence electrons. The summed E-state index contributed by atoms with van der Waals surface area (Å²) in [6, 6.07) is 10.8. The van der Waals surface area contributed by atoms with Crippen molar-refractivity contribution in [1.82, 2.24) is 5.32 Å². The van der Waals surface area contributed by atoms with E-state index in [0.29, 0.717) is 6.04 Å². The van der Waals surface area contributed by atoms with Crippen molar-refractivity contribution >= 4 is 11.8 Å². The Hall–Kier alpha value is -1.18. The lowest BCUT2D eigenvalue weighted by atomic mass is 10.1. The van der Waals surface area contributed by atoms with Crippen LogP contribution in [-0.4, -0.2) is 24.4 Å². The number of hydrogen-bond acceptors (Lipinski definition) is 4. The quantitative estimate of drug-likeness (QED) is 0.801. The highest BCUT2D eigenvalue weighted by molar-refractivity contribution is 7.99. The van der Waals surface area contributed by atoms with Gasteiger partial charge in [-0.05, 0) is 31.9 Å². The second-order valence-electron chi connectivity index (χ2n) is 4.80. The minimum Gasteiger partial charge on any atom is -0.496 e. The molecule has 1 saturated carbocycles. The van der Waals surface area contributed by atoms with E-state index in [0.717, 1.165) is 16.4 Å². The van der Waals surface area contributed by atoms with E-state index in [1.165, 1.54) is 12.8 Å². The predicted octanol–water partition coefficient (Wildman–Crippen LogP) is 2.82. The summed E-state index contributed by atoms with van der Waals surface area (Å²) >= 11 is 1.66. The van der Waals surface area contributed by atoms with Crippen LogP contribution in [0.2, 0.25) is 0 Å². The Morgan fingerprint density at radius 1 is 1.50 bits per heavy atom. The second-order valence-corrected chi connectivity index (χ2v) is 5.82. The van der Waals surface area contributed by atoms with Gasteiger partial charge in [-0.25, -0.2) is 0 Å². The average Bonchev–Trinajstić information content (AvgIpc) is 3.20. The van der Waals surface area contributed by atoms with Crippen molar-refractivity contribution in [3.05, 3.63) is 24.3 Å². The minimum absolute atomic E-state index is 0.466. The number of rotatable bonds is 6. The third kappa shape index (κ3) is 3.41. The zero-order chi connectivity index (χ0) is 13.0. The molecule has 1 atom stereocenters. The van der Waals surface area contributed by atoms with Crippen LogP contribution in [0.3, 0.4) is 0 Å². The highest BCUT2D eigenvalue weighted by atomic mass is 32.2. The molecule has 3 nitrogen and oxygen atoms in total. The van der Waals surface area contributed by atoms with Gasteiger partial charge in [0.15, 0.2) is 0 Å². The SMILES string of the molecule is COc1ccccc1SCC(C)(C#N)NC1CC1. The lowest BCUT2D eigenvalue weighted by Gasteiger charge is -2.23. The van der Waals surface area contributed by atoms with E-state index < -0.39 is 5.54 Å². The van der Waals surface area contributed by atoms with Crippen LogP contribution in [0.15, 0.2) is 29.2 Å². The van der Waals surface area contributed by atoms with Crippen LogP contribution in [0.1, 0.15) is 19.8 Å². The molecule has 0 aliphatic heterocycles. The van der Waals surface area contributed by atoms with Crippen molar-refractivity contribution in [3.8, 4) is 11.8 Å². The van der Waals surface area contributed by atoms with E-state index in [9.17, 15) is 5.26 Å². The molecule has 18 heavy (non-hydrogen) atoms. The summed E-state index contributed by atoms with van der Waals surface area (Å²) in [5.74, 6) is 1.59. The Bertz CT molecular complexity index is 453. The lowest BCUT2D eigenvalue weighted by Crippen LogP contribution is -2.44. The molecule has 1 aliphatic rings. The van der Waals surface area contributed by atoms with Gasteiger partial charge in [-0.1, -0.05) is 12.1 Å². The van der Waals surface area contributed by atoms with Gasteiger partial charge in [-0.3, -0.25) is 5.32 Å². The Morgan fingerprint density at radius 2 is 2.22 bits per heavy atom. The first-order chi connectivity index (χ1) is 8.67. The third-order valence-electron chi connectivity index (χ3n) is 2.93. The molecule has 1 fully saturated rings. The molecule has 1 aromatic carbocycles. The number of hydrogen-bond donors (Lipinski definition) is 1. The van der Waals surface area contributed by atoms with E-state index in [1.807, 2.05) is 31.2 Å². The molecule has 1 aliphatic carbocycles. The summed E-state index contributed by atoms with van der Waals surface area (Å²) in [4.78, 5) is 1.08. The molecule has 0 aromatic heterocycles. The van der Waals surface area contributed by atoms with Gasteiger partial charge in [0, 0.05) is 16.7 Å². The van der Waals surface area contributed by atoms with Crippen LogP contribution >= 0.6 is 11.8 Å². The Balaban J connectivity index is 1.98. The molecular formula is C14H18N2OS. The van der Waals surface area contributed by atoms with Crippen molar-refractivity contribution in [2.24, 2.45) is 0 Å². The summed E-state index contributed by atoms with van der Waals surface area (Å²) in [7, 11) is 1.67. The second kappa shape index (κ2) is 5.64. The van der Waals surface area contributed by atoms with Crippen molar-refractivity contribution in [2.45, 2.75) is 36.2 Å². The van der Waals surface area contributed by atoms with E-state index in [2.05, 4.69) is 11.4 Å². The topological polar surface area (TPSA) is 45.0 Å². The normalized spacial score (nSPS) is 17.8. The van der Waals surface area contributed by atoms with E-state index in [1.54, 1.807) is 18.9 Å². The van der Waals surface area contributed by atoms with Crippen molar-refractivity contribution in [2.75, 3.05) is 12.9 Å². The standard InChI is InChI=1S/C14H18N2OS/c1-14(9-15,16-11-7-8-11)10-18-13-6-4-3-5-12(13)17-2/h3-6,11,16H,7-8,10H2,1-2H3. The highest BCUT2D eigenvalue weighted by Crippen LogP contribution is 2.32. The predicted molar refractivity (Wildman–Crippen MR) is 73.9 cm³/mol. The molecule has 0 saturated heterocycles. The van der Waals surface area contributed by atoms with E-state index >= 15 is 0 Å². The molecule has 2 rings (SSSR count). The summed E-state index contributed by atoms with van der Waals surface area (Å²) < 4.78 is 5.31. The minimum atomic E-state index is -0.466. The molecule has 0 radical (unpaired) electrons. The van der Waals surface area contributed by atoms with Gasteiger partial charge >= 0.3 is 0 Å². The van der Waals surface area contributed by atoms with Gasteiger partial charge < -0.3 is 4.74 Å². The first kappa shape index (κ1) is 13.3. The monoisotopic (exact) mass is 262 g/mol. The fourth-order valence-corrected chi connectivity index (χ4v) is 2.81. The number of ether oxygens (including phenoxy) is 1. The molecule has 0 amide bonds. The van der Waals surface area contributed by atoms with Gasteiger partial charge in [-0.15, -0.1) is 11.8 Å².